The molecule has 0 rings (SSSR count). The van der Waals surface area contributed by atoms with E-state index in [4.69, 9.17) is 24.4 Å². The highest BCUT2D eigenvalue weighted by molar-refractivity contribution is 7.98. The SMILES string of the molecule is COC(=O)CCCOCOC=CNCC(=O)O.COC(=O)CCCOCSC.NCC(=O)O. The summed E-state index contributed by atoms with van der Waals surface area (Å²) in [5.74, 6) is -1.66. The number of hydrogen-bond donors (Lipinski definition) is 4. The number of aliphatic carboxylic acids is 2. The van der Waals surface area contributed by atoms with Crippen molar-refractivity contribution in [2.24, 2.45) is 5.73 Å². The number of nitrogens with one attached hydrogen (secondary N) is 1. The van der Waals surface area contributed by atoms with Gasteiger partial charge in [-0.3, -0.25) is 19.2 Å². The van der Waals surface area contributed by atoms with Gasteiger partial charge in [-0.25, -0.2) is 0 Å². The van der Waals surface area contributed by atoms with Crippen LogP contribution in [0.4, 0.5) is 0 Å². The van der Waals surface area contributed by atoms with Crippen molar-refractivity contribution in [3.63, 3.8) is 0 Å². The van der Waals surface area contributed by atoms with Crippen LogP contribution in [-0.4, -0.2) is 93.6 Å². The third-order valence-electron chi connectivity index (χ3n) is 2.86. The van der Waals surface area contributed by atoms with Crippen molar-refractivity contribution < 1.29 is 53.1 Å². The van der Waals surface area contributed by atoms with E-state index in [9.17, 15) is 19.2 Å². The molecule has 0 atom stereocenters. The number of carbonyl (C=O) groups is 4. The second-order valence-electron chi connectivity index (χ2n) is 5.54. The third kappa shape index (κ3) is 40.4. The zero-order valence-electron chi connectivity index (χ0n) is 19.3. The lowest BCUT2D eigenvalue weighted by molar-refractivity contribution is -0.142. The highest BCUT2D eigenvalue weighted by atomic mass is 32.2. The molecule has 0 saturated heterocycles. The number of carboxylic acid groups (broad SMARTS) is 2. The van der Waals surface area contributed by atoms with Gasteiger partial charge in [0.2, 0.25) is 0 Å². The number of rotatable bonds is 17. The van der Waals surface area contributed by atoms with E-state index in [-0.39, 0.29) is 31.8 Å². The molecular formula is C19H36N2O11S. The predicted molar refractivity (Wildman–Crippen MR) is 120 cm³/mol. The molecule has 194 valence electrons. The Balaban J connectivity index is -0.000000479. The van der Waals surface area contributed by atoms with Crippen molar-refractivity contribution >= 4 is 35.6 Å². The zero-order chi connectivity index (χ0) is 25.7. The van der Waals surface area contributed by atoms with E-state index in [2.05, 4.69) is 20.5 Å². The van der Waals surface area contributed by atoms with Crippen molar-refractivity contribution in [3.05, 3.63) is 12.5 Å². The second kappa shape index (κ2) is 29.5. The van der Waals surface area contributed by atoms with Crippen LogP contribution in [0.1, 0.15) is 25.7 Å². The van der Waals surface area contributed by atoms with E-state index < -0.39 is 11.9 Å². The van der Waals surface area contributed by atoms with Crippen LogP contribution in [0.15, 0.2) is 12.5 Å². The van der Waals surface area contributed by atoms with Gasteiger partial charge in [-0.1, -0.05) is 0 Å². The highest BCUT2D eigenvalue weighted by Crippen LogP contribution is 1.96. The van der Waals surface area contributed by atoms with Gasteiger partial charge in [0.05, 0.1) is 33.3 Å². The average Bonchev–Trinajstić information content (AvgIpc) is 2.80. The summed E-state index contributed by atoms with van der Waals surface area (Å²) in [6.07, 6.45) is 6.71. The molecule has 5 N–H and O–H groups in total. The monoisotopic (exact) mass is 500 g/mol. The van der Waals surface area contributed by atoms with Crippen LogP contribution in [0.25, 0.3) is 0 Å². The quantitative estimate of drug-likeness (QED) is 0.0926. The van der Waals surface area contributed by atoms with Crippen LogP contribution in [-0.2, 0) is 42.9 Å². The average molecular weight is 501 g/mol. The molecule has 13 nitrogen and oxygen atoms in total. The molecule has 0 aromatic carbocycles. The summed E-state index contributed by atoms with van der Waals surface area (Å²) in [5.41, 5.74) is 4.57. The molecule has 0 aromatic heterocycles. The maximum Gasteiger partial charge on any atom is 0.322 e. The first-order valence-corrected chi connectivity index (χ1v) is 11.1. The van der Waals surface area contributed by atoms with Crippen LogP contribution < -0.4 is 11.1 Å². The summed E-state index contributed by atoms with van der Waals surface area (Å²) in [6, 6.07) is 0. The Labute approximate surface area is 197 Å². The van der Waals surface area contributed by atoms with Gasteiger partial charge in [0.15, 0.2) is 6.79 Å². The number of methoxy groups -OCH3 is 2. The van der Waals surface area contributed by atoms with E-state index >= 15 is 0 Å². The lowest BCUT2D eigenvalue weighted by Gasteiger charge is -2.03. The fraction of sp³-hybridized carbons (Fsp3) is 0.684. The summed E-state index contributed by atoms with van der Waals surface area (Å²) < 4.78 is 23.9. The molecule has 0 amide bonds. The lowest BCUT2D eigenvalue weighted by atomic mass is 10.3. The van der Waals surface area contributed by atoms with Crippen molar-refractivity contribution in [2.45, 2.75) is 25.7 Å². The number of thioether (sulfide) groups is 1. The maximum absolute atomic E-state index is 10.7. The Morgan fingerprint density at radius 2 is 1.45 bits per heavy atom. The van der Waals surface area contributed by atoms with Crippen molar-refractivity contribution in [1.29, 1.82) is 0 Å². The molecule has 0 unspecified atom stereocenters. The van der Waals surface area contributed by atoms with Crippen LogP contribution in [0.3, 0.4) is 0 Å². The van der Waals surface area contributed by atoms with Crippen LogP contribution >= 0.6 is 11.8 Å². The lowest BCUT2D eigenvalue weighted by Crippen LogP contribution is -2.16. The van der Waals surface area contributed by atoms with Gasteiger partial charge in [0.1, 0.15) is 12.8 Å². The Morgan fingerprint density at radius 3 is 1.88 bits per heavy atom. The molecule has 33 heavy (non-hydrogen) atoms. The van der Waals surface area contributed by atoms with Gasteiger partial charge in [0, 0.05) is 25.6 Å². The third-order valence-corrected chi connectivity index (χ3v) is 3.26. The minimum Gasteiger partial charge on any atom is -0.480 e. The van der Waals surface area contributed by atoms with E-state index in [1.165, 1.54) is 26.7 Å². The van der Waals surface area contributed by atoms with Gasteiger partial charge in [-0.2, -0.15) is 0 Å². The summed E-state index contributed by atoms with van der Waals surface area (Å²) in [6.45, 7) is 0.633. The first-order chi connectivity index (χ1) is 15.7. The number of ether oxygens (including phenoxy) is 5. The van der Waals surface area contributed by atoms with Crippen molar-refractivity contribution in [1.82, 2.24) is 5.32 Å². The van der Waals surface area contributed by atoms with E-state index in [1.807, 2.05) is 6.26 Å². The summed E-state index contributed by atoms with van der Waals surface area (Å²) in [7, 11) is 2.73. The Kier molecular flexibility index (Phi) is 31.3. The first kappa shape index (κ1) is 35.0. The fourth-order valence-corrected chi connectivity index (χ4v) is 1.66. The molecule has 0 aromatic rings. The summed E-state index contributed by atoms with van der Waals surface area (Å²) in [4.78, 5) is 40.6. The largest absolute Gasteiger partial charge is 0.480 e. The second-order valence-corrected chi connectivity index (χ2v) is 6.36. The number of carbonyl (C=O) groups excluding carboxylic acids is 2. The molecule has 0 heterocycles. The van der Waals surface area contributed by atoms with Gasteiger partial charge in [-0.15, -0.1) is 11.8 Å². The van der Waals surface area contributed by atoms with E-state index in [1.54, 1.807) is 11.8 Å². The Bertz CT molecular complexity index is 534. The maximum atomic E-state index is 10.7. The highest BCUT2D eigenvalue weighted by Gasteiger charge is 1.99. The predicted octanol–water partition coefficient (Wildman–Crippen LogP) is 0.382. The molecule has 0 fully saturated rings. The molecular weight excluding hydrogens is 464 g/mol. The molecule has 0 bridgehead atoms. The normalized spacial score (nSPS) is 9.58. The molecule has 14 heteroatoms. The smallest absolute Gasteiger partial charge is 0.322 e. The van der Waals surface area contributed by atoms with Gasteiger partial charge in [0.25, 0.3) is 0 Å². The number of esters is 2. The Morgan fingerprint density at radius 1 is 0.939 bits per heavy atom. The zero-order valence-corrected chi connectivity index (χ0v) is 20.1. The van der Waals surface area contributed by atoms with E-state index in [0.717, 1.165) is 6.42 Å². The van der Waals surface area contributed by atoms with Gasteiger partial charge in [-0.05, 0) is 19.1 Å². The topological polar surface area (TPSA) is 193 Å². The number of hydrogen-bond acceptors (Lipinski definition) is 12. The fourth-order valence-electron chi connectivity index (χ4n) is 1.37. The standard InChI is InChI=1S/C10H17NO6.C7H14O3S.C2H5NO2/c1-15-10(14)3-2-5-16-8-17-6-4-11-7-9(12)13;1-9-7(8)4-3-5-10-6-11-2;3-1-2(4)5/h4,6,11H,2-3,5,7-8H2,1H3,(H,12,13);3-6H2,1-2H3;1,3H2,(H,4,5). The van der Waals surface area contributed by atoms with E-state index in [0.29, 0.717) is 38.4 Å². The minimum absolute atomic E-state index is 0.0480. The molecule has 0 radical (unpaired) electrons. The van der Waals surface area contributed by atoms with Crippen LogP contribution in [0, 0.1) is 0 Å². The van der Waals surface area contributed by atoms with Crippen LogP contribution in [0.5, 0.6) is 0 Å². The van der Waals surface area contributed by atoms with Crippen molar-refractivity contribution in [3.8, 4) is 0 Å². The van der Waals surface area contributed by atoms with Gasteiger partial charge >= 0.3 is 23.9 Å². The minimum atomic E-state index is -0.968. The first-order valence-electron chi connectivity index (χ1n) is 9.66. The Hall–Kier alpha value is -2.55. The van der Waals surface area contributed by atoms with Gasteiger partial charge < -0.3 is 44.9 Å². The molecule has 0 aliphatic carbocycles. The van der Waals surface area contributed by atoms with Crippen molar-refractivity contribution in [2.75, 3.05) is 59.5 Å². The molecule has 0 aliphatic rings. The van der Waals surface area contributed by atoms with Crippen LogP contribution in [0.2, 0.25) is 0 Å². The summed E-state index contributed by atoms with van der Waals surface area (Å²) >= 11 is 1.63. The molecule has 0 spiro atoms. The number of nitrogens with two attached hydrogens (primary N) is 1. The number of carboxylic acids is 2. The summed E-state index contributed by atoms with van der Waals surface area (Å²) in [5, 5.41) is 18.4. The molecule has 0 saturated carbocycles. The molecule has 0 aliphatic heterocycles.